The lowest BCUT2D eigenvalue weighted by molar-refractivity contribution is 0.0957. The van der Waals surface area contributed by atoms with E-state index in [-0.39, 0.29) is 12.5 Å². The van der Waals surface area contributed by atoms with Crippen LogP contribution in [0.2, 0.25) is 0 Å². The Balaban J connectivity index is 2.21. The molecule has 22 heavy (non-hydrogen) atoms. The first-order valence-electron chi connectivity index (χ1n) is 7.09. The lowest BCUT2D eigenvalue weighted by Crippen LogP contribution is -2.25. The van der Waals surface area contributed by atoms with E-state index in [1.165, 1.54) is 5.56 Å². The van der Waals surface area contributed by atoms with E-state index in [1.807, 2.05) is 30.3 Å². The third-order valence-corrected chi connectivity index (χ3v) is 3.40. The molecule has 0 aliphatic rings. The Morgan fingerprint density at radius 2 is 1.82 bits per heavy atom. The molecular weight excluding hydrogens is 270 g/mol. The molecule has 0 saturated carbocycles. The zero-order valence-corrected chi connectivity index (χ0v) is 12.3. The molecule has 0 radical (unpaired) electrons. The summed E-state index contributed by atoms with van der Waals surface area (Å²) in [4.78, 5) is 12.2. The maximum atomic E-state index is 12.2. The van der Waals surface area contributed by atoms with Crippen LogP contribution in [-0.2, 0) is 12.8 Å². The van der Waals surface area contributed by atoms with Crippen molar-refractivity contribution in [1.82, 2.24) is 5.32 Å². The molecule has 0 unspecified atom stereocenters. The van der Waals surface area contributed by atoms with Gasteiger partial charge in [0.1, 0.15) is 0 Å². The lowest BCUT2D eigenvalue weighted by atomic mass is 9.97. The first-order valence-corrected chi connectivity index (χ1v) is 7.09. The molecule has 108 valence electrons. The fourth-order valence-corrected chi connectivity index (χ4v) is 2.25. The predicted molar refractivity (Wildman–Crippen MR) is 89.4 cm³/mol. The van der Waals surface area contributed by atoms with E-state index >= 15 is 0 Å². The van der Waals surface area contributed by atoms with E-state index in [9.17, 15) is 4.79 Å². The average Bonchev–Trinajstić information content (AvgIpc) is 2.58. The summed E-state index contributed by atoms with van der Waals surface area (Å²) >= 11 is 0. The van der Waals surface area contributed by atoms with Crippen molar-refractivity contribution in [3.8, 4) is 24.7 Å². The van der Waals surface area contributed by atoms with Gasteiger partial charge in [-0.25, -0.2) is 0 Å². The van der Waals surface area contributed by atoms with Gasteiger partial charge in [0.05, 0.1) is 6.54 Å². The number of hydrogen-bond acceptors (Lipinski definition) is 1. The largest absolute Gasteiger partial charge is 0.341 e. The number of carbonyl (C=O) groups is 1. The van der Waals surface area contributed by atoms with Crippen LogP contribution in [-0.4, -0.2) is 12.5 Å². The molecule has 1 amide bonds. The van der Waals surface area contributed by atoms with Gasteiger partial charge in [-0.05, 0) is 36.1 Å². The van der Waals surface area contributed by atoms with Crippen LogP contribution >= 0.6 is 0 Å². The first kappa shape index (κ1) is 15.4. The molecule has 2 nitrogen and oxygen atoms in total. The van der Waals surface area contributed by atoms with Gasteiger partial charge in [-0.1, -0.05) is 48.2 Å². The maximum Gasteiger partial charge on any atom is 0.252 e. The van der Waals surface area contributed by atoms with Gasteiger partial charge in [-0.2, -0.15) is 0 Å². The third-order valence-electron chi connectivity index (χ3n) is 3.40. The summed E-state index contributed by atoms with van der Waals surface area (Å²) in [5, 5.41) is 2.69. The summed E-state index contributed by atoms with van der Waals surface area (Å²) in [6, 6.07) is 15.7. The molecule has 0 fully saturated rings. The molecule has 0 heterocycles. The second kappa shape index (κ2) is 7.72. The van der Waals surface area contributed by atoms with E-state index in [0.29, 0.717) is 11.1 Å². The number of rotatable bonds is 5. The highest BCUT2D eigenvalue weighted by atomic mass is 16.1. The SMILES string of the molecule is C#CCNC(=O)c1cc(C#C)ccc1CCc1ccccc1. The van der Waals surface area contributed by atoms with Crippen LogP contribution in [0.15, 0.2) is 48.5 Å². The fraction of sp³-hybridized carbons (Fsp3) is 0.150. The summed E-state index contributed by atoms with van der Waals surface area (Å²) in [5.74, 6) is 4.78. The van der Waals surface area contributed by atoms with Crippen molar-refractivity contribution in [1.29, 1.82) is 0 Å². The van der Waals surface area contributed by atoms with Crippen LogP contribution in [0.1, 0.15) is 27.0 Å². The van der Waals surface area contributed by atoms with Crippen LogP contribution < -0.4 is 5.32 Å². The van der Waals surface area contributed by atoms with E-state index in [1.54, 1.807) is 6.07 Å². The molecule has 2 rings (SSSR count). The Bertz CT molecular complexity index is 733. The topological polar surface area (TPSA) is 29.1 Å². The quantitative estimate of drug-likeness (QED) is 0.842. The van der Waals surface area contributed by atoms with Crippen LogP contribution in [0, 0.1) is 24.7 Å². The molecule has 2 aromatic rings. The first-order chi connectivity index (χ1) is 10.7. The Kier molecular flexibility index (Phi) is 5.41. The summed E-state index contributed by atoms with van der Waals surface area (Å²) in [7, 11) is 0. The average molecular weight is 287 g/mol. The summed E-state index contributed by atoms with van der Waals surface area (Å²) in [6.07, 6.45) is 12.2. The van der Waals surface area contributed by atoms with Gasteiger partial charge >= 0.3 is 0 Å². The predicted octanol–water partition coefficient (Wildman–Crippen LogP) is 2.82. The van der Waals surface area contributed by atoms with Crippen molar-refractivity contribution in [2.24, 2.45) is 0 Å². The summed E-state index contributed by atoms with van der Waals surface area (Å²) < 4.78 is 0. The molecule has 0 aliphatic carbocycles. The second-order valence-corrected chi connectivity index (χ2v) is 4.89. The van der Waals surface area contributed by atoms with Gasteiger partial charge in [0.15, 0.2) is 0 Å². The monoisotopic (exact) mass is 287 g/mol. The Morgan fingerprint density at radius 1 is 1.05 bits per heavy atom. The minimum atomic E-state index is -0.182. The molecule has 0 bridgehead atoms. The zero-order valence-electron chi connectivity index (χ0n) is 12.3. The highest BCUT2D eigenvalue weighted by Crippen LogP contribution is 2.15. The van der Waals surface area contributed by atoms with Gasteiger partial charge in [-0.3, -0.25) is 4.79 Å². The normalized spacial score (nSPS) is 9.55. The van der Waals surface area contributed by atoms with Crippen molar-refractivity contribution < 1.29 is 4.79 Å². The van der Waals surface area contributed by atoms with E-state index in [4.69, 9.17) is 12.8 Å². The zero-order chi connectivity index (χ0) is 15.8. The number of hydrogen-bond donors (Lipinski definition) is 1. The van der Waals surface area contributed by atoms with Crippen molar-refractivity contribution in [2.45, 2.75) is 12.8 Å². The molecular formula is C20H17NO. The van der Waals surface area contributed by atoms with Crippen molar-refractivity contribution in [3.05, 3.63) is 70.8 Å². The lowest BCUT2D eigenvalue weighted by Gasteiger charge is -2.10. The minimum Gasteiger partial charge on any atom is -0.341 e. The summed E-state index contributed by atoms with van der Waals surface area (Å²) in [5.41, 5.74) is 3.49. The highest BCUT2D eigenvalue weighted by Gasteiger charge is 2.11. The highest BCUT2D eigenvalue weighted by molar-refractivity contribution is 5.96. The minimum absolute atomic E-state index is 0.182. The fourth-order valence-electron chi connectivity index (χ4n) is 2.25. The van der Waals surface area contributed by atoms with Gasteiger partial charge in [-0.15, -0.1) is 12.8 Å². The number of terminal acetylenes is 2. The van der Waals surface area contributed by atoms with Gasteiger partial charge in [0, 0.05) is 11.1 Å². The van der Waals surface area contributed by atoms with Crippen molar-refractivity contribution >= 4 is 5.91 Å². The Labute approximate surface area is 131 Å². The standard InChI is InChI=1S/C20H17NO/c1-3-14-21-20(22)19-15-16(4-2)10-12-18(19)13-11-17-8-6-5-7-9-17/h1-2,5-10,12,15H,11,13-14H2,(H,21,22). The number of amides is 1. The molecule has 0 saturated heterocycles. The van der Waals surface area contributed by atoms with E-state index in [0.717, 1.165) is 18.4 Å². The van der Waals surface area contributed by atoms with E-state index in [2.05, 4.69) is 29.3 Å². The molecule has 0 aliphatic heterocycles. The number of carbonyl (C=O) groups excluding carboxylic acids is 1. The van der Waals surface area contributed by atoms with Crippen LogP contribution in [0.25, 0.3) is 0 Å². The molecule has 2 aromatic carbocycles. The Morgan fingerprint density at radius 3 is 2.50 bits per heavy atom. The van der Waals surface area contributed by atoms with Gasteiger partial charge in [0.2, 0.25) is 0 Å². The maximum absolute atomic E-state index is 12.2. The third kappa shape index (κ3) is 4.01. The molecule has 2 heteroatoms. The number of nitrogens with one attached hydrogen (secondary N) is 1. The molecule has 0 aromatic heterocycles. The van der Waals surface area contributed by atoms with E-state index < -0.39 is 0 Å². The second-order valence-electron chi connectivity index (χ2n) is 4.89. The smallest absolute Gasteiger partial charge is 0.252 e. The summed E-state index contributed by atoms with van der Waals surface area (Å²) in [6.45, 7) is 0.206. The number of aryl methyl sites for hydroxylation is 2. The molecule has 0 spiro atoms. The van der Waals surface area contributed by atoms with Crippen LogP contribution in [0.4, 0.5) is 0 Å². The van der Waals surface area contributed by atoms with Gasteiger partial charge < -0.3 is 5.32 Å². The van der Waals surface area contributed by atoms with Crippen LogP contribution in [0.3, 0.4) is 0 Å². The molecule has 1 N–H and O–H groups in total. The molecule has 0 atom stereocenters. The number of benzene rings is 2. The van der Waals surface area contributed by atoms with Crippen LogP contribution in [0.5, 0.6) is 0 Å². The van der Waals surface area contributed by atoms with Crippen molar-refractivity contribution in [3.63, 3.8) is 0 Å². The Hall–Kier alpha value is -2.97. The van der Waals surface area contributed by atoms with Gasteiger partial charge in [0.25, 0.3) is 5.91 Å². The van der Waals surface area contributed by atoms with Crippen molar-refractivity contribution in [2.75, 3.05) is 6.54 Å².